The predicted molar refractivity (Wildman–Crippen MR) is 50.7 cm³/mol. The molecule has 3 N–H and O–H groups in total. The van der Waals surface area contributed by atoms with Gasteiger partial charge in [-0.3, -0.25) is 9.89 Å². The van der Waals surface area contributed by atoms with Crippen molar-refractivity contribution in [2.75, 3.05) is 0 Å². The number of aromatic amines is 1. The van der Waals surface area contributed by atoms with Gasteiger partial charge < -0.3 is 5.73 Å². The van der Waals surface area contributed by atoms with E-state index >= 15 is 0 Å². The molecule has 14 heavy (non-hydrogen) atoms. The first-order chi connectivity index (χ1) is 6.74. The van der Waals surface area contributed by atoms with Crippen molar-refractivity contribution in [1.29, 1.82) is 0 Å². The minimum Gasteiger partial charge on any atom is -0.364 e. The third kappa shape index (κ3) is 0.737. The van der Waals surface area contributed by atoms with E-state index in [1.54, 1.807) is 0 Å². The summed E-state index contributed by atoms with van der Waals surface area (Å²) in [6.45, 7) is 3.79. The Kier molecular flexibility index (Phi) is 1.26. The number of allylic oxidation sites excluding steroid dienone is 1. The molecule has 1 aromatic rings. The van der Waals surface area contributed by atoms with E-state index in [4.69, 9.17) is 5.73 Å². The number of fused-ring (bicyclic) bond motifs is 3. The van der Waals surface area contributed by atoms with E-state index in [0.29, 0.717) is 23.4 Å². The number of carbonyl (C=O) groups is 1. The summed E-state index contributed by atoms with van der Waals surface area (Å²) in [6, 6.07) is 0. The number of H-pyrrole nitrogens is 1. The largest absolute Gasteiger partial charge is 0.364 e. The third-order valence-corrected chi connectivity index (χ3v) is 3.40. The molecule has 0 spiro atoms. The summed E-state index contributed by atoms with van der Waals surface area (Å²) in [5, 5.41) is 6.88. The number of nitrogens with two attached hydrogens (primary N) is 1. The fourth-order valence-electron chi connectivity index (χ4n) is 2.67. The molecule has 2 aliphatic rings. The number of nitrogens with zero attached hydrogens (tertiary/aromatic N) is 1. The summed E-state index contributed by atoms with van der Waals surface area (Å²) in [5.41, 5.74) is 7.79. The van der Waals surface area contributed by atoms with E-state index in [-0.39, 0.29) is 0 Å². The topological polar surface area (TPSA) is 71.8 Å². The summed E-state index contributed by atoms with van der Waals surface area (Å²) in [4.78, 5) is 11.0. The van der Waals surface area contributed by atoms with Crippen molar-refractivity contribution in [2.45, 2.75) is 12.3 Å². The monoisotopic (exact) mass is 189 g/mol. The molecule has 72 valence electrons. The highest BCUT2D eigenvalue weighted by molar-refractivity contribution is 5.93. The molecule has 1 fully saturated rings. The Morgan fingerprint density at radius 3 is 3.14 bits per heavy atom. The minimum atomic E-state index is -0.407. The Labute approximate surface area is 81.2 Å². The van der Waals surface area contributed by atoms with E-state index in [0.717, 1.165) is 17.7 Å². The fourth-order valence-corrected chi connectivity index (χ4v) is 2.67. The second kappa shape index (κ2) is 2.26. The Balaban J connectivity index is 2.02. The van der Waals surface area contributed by atoms with Gasteiger partial charge in [-0.15, -0.1) is 6.58 Å². The van der Waals surface area contributed by atoms with Crippen molar-refractivity contribution in [3.8, 4) is 0 Å². The van der Waals surface area contributed by atoms with Gasteiger partial charge in [0.2, 0.25) is 0 Å². The Morgan fingerprint density at radius 1 is 1.71 bits per heavy atom. The third-order valence-electron chi connectivity index (χ3n) is 3.40. The standard InChI is InChI=1S/C10H11N3O/c1-2-4-5-3-6-8(7(4)5)12-13-9(6)10(11)14/h2,4-5,7H,1,3H2,(H2,11,14)(H,12,13). The van der Waals surface area contributed by atoms with Gasteiger partial charge in [-0.05, 0) is 18.3 Å². The van der Waals surface area contributed by atoms with Crippen molar-refractivity contribution < 1.29 is 4.79 Å². The maximum atomic E-state index is 11.0. The molecule has 3 unspecified atom stereocenters. The maximum Gasteiger partial charge on any atom is 0.267 e. The molecule has 0 aromatic carbocycles. The summed E-state index contributed by atoms with van der Waals surface area (Å²) < 4.78 is 0. The smallest absolute Gasteiger partial charge is 0.267 e. The molecule has 1 aromatic heterocycles. The number of primary amides is 1. The van der Waals surface area contributed by atoms with Gasteiger partial charge in [0.1, 0.15) is 5.69 Å². The van der Waals surface area contributed by atoms with Crippen LogP contribution in [-0.4, -0.2) is 16.1 Å². The van der Waals surface area contributed by atoms with Gasteiger partial charge in [0, 0.05) is 11.5 Å². The highest BCUT2D eigenvalue weighted by Crippen LogP contribution is 2.61. The van der Waals surface area contributed by atoms with Crippen molar-refractivity contribution in [2.24, 2.45) is 17.6 Å². The van der Waals surface area contributed by atoms with Crippen LogP contribution < -0.4 is 5.73 Å². The van der Waals surface area contributed by atoms with Gasteiger partial charge in [0.15, 0.2) is 0 Å². The molecule has 0 aliphatic heterocycles. The molecule has 1 saturated carbocycles. The first-order valence-corrected chi connectivity index (χ1v) is 4.73. The molecule has 2 aliphatic carbocycles. The summed E-state index contributed by atoms with van der Waals surface area (Å²) in [5.74, 6) is 1.27. The number of nitrogens with one attached hydrogen (secondary N) is 1. The lowest BCUT2D eigenvalue weighted by Crippen LogP contribution is -2.14. The van der Waals surface area contributed by atoms with Crippen LogP contribution >= 0.6 is 0 Å². The molecule has 0 saturated heterocycles. The maximum absolute atomic E-state index is 11.0. The Bertz CT molecular complexity index is 435. The number of amides is 1. The average Bonchev–Trinajstić information content (AvgIpc) is 2.55. The zero-order valence-electron chi connectivity index (χ0n) is 7.66. The van der Waals surface area contributed by atoms with Gasteiger partial charge in [-0.1, -0.05) is 6.08 Å². The second-order valence-electron chi connectivity index (χ2n) is 4.03. The lowest BCUT2D eigenvalue weighted by atomic mass is 10.1. The van der Waals surface area contributed by atoms with E-state index in [1.807, 2.05) is 6.08 Å². The van der Waals surface area contributed by atoms with Crippen molar-refractivity contribution in [1.82, 2.24) is 10.2 Å². The quantitative estimate of drug-likeness (QED) is 0.668. The summed E-state index contributed by atoms with van der Waals surface area (Å²) in [6.07, 6.45) is 2.91. The molecule has 1 amide bonds. The van der Waals surface area contributed by atoms with Gasteiger partial charge in [0.25, 0.3) is 5.91 Å². The normalized spacial score (nSPS) is 32.1. The number of hydrogen-bond acceptors (Lipinski definition) is 2. The van der Waals surface area contributed by atoms with Crippen molar-refractivity contribution in [3.05, 3.63) is 29.6 Å². The van der Waals surface area contributed by atoms with E-state index in [9.17, 15) is 4.79 Å². The van der Waals surface area contributed by atoms with Crippen molar-refractivity contribution in [3.63, 3.8) is 0 Å². The Hall–Kier alpha value is -1.58. The lowest BCUT2D eigenvalue weighted by Gasteiger charge is -1.98. The Morgan fingerprint density at radius 2 is 2.50 bits per heavy atom. The number of rotatable bonds is 2. The second-order valence-corrected chi connectivity index (χ2v) is 4.03. The van der Waals surface area contributed by atoms with Crippen LogP contribution in [0.2, 0.25) is 0 Å². The van der Waals surface area contributed by atoms with Crippen LogP contribution in [0, 0.1) is 11.8 Å². The summed E-state index contributed by atoms with van der Waals surface area (Å²) >= 11 is 0. The molecule has 3 atom stereocenters. The van der Waals surface area contributed by atoms with Crippen LogP contribution in [0.3, 0.4) is 0 Å². The first-order valence-electron chi connectivity index (χ1n) is 4.73. The van der Waals surface area contributed by atoms with Crippen LogP contribution in [0.1, 0.15) is 27.7 Å². The fraction of sp³-hybridized carbons (Fsp3) is 0.400. The molecule has 3 rings (SSSR count). The average molecular weight is 189 g/mol. The van der Waals surface area contributed by atoms with Crippen LogP contribution in [0.4, 0.5) is 0 Å². The predicted octanol–water partition coefficient (Wildman–Crippen LogP) is 0.580. The van der Waals surface area contributed by atoms with Gasteiger partial charge >= 0.3 is 0 Å². The van der Waals surface area contributed by atoms with E-state index in [2.05, 4.69) is 16.8 Å². The number of hydrogen-bond donors (Lipinski definition) is 2. The lowest BCUT2D eigenvalue weighted by molar-refractivity contribution is 0.0994. The van der Waals surface area contributed by atoms with Gasteiger partial charge in [-0.2, -0.15) is 5.10 Å². The molecular formula is C10H11N3O. The zero-order chi connectivity index (χ0) is 9.87. The van der Waals surface area contributed by atoms with Crippen LogP contribution in [-0.2, 0) is 6.42 Å². The molecule has 1 heterocycles. The van der Waals surface area contributed by atoms with Crippen molar-refractivity contribution >= 4 is 5.91 Å². The molecule has 0 radical (unpaired) electrons. The number of aromatic nitrogens is 2. The highest BCUT2D eigenvalue weighted by atomic mass is 16.1. The minimum absolute atomic E-state index is 0.407. The van der Waals surface area contributed by atoms with Gasteiger partial charge in [-0.25, -0.2) is 0 Å². The zero-order valence-corrected chi connectivity index (χ0v) is 7.66. The molecule has 4 heteroatoms. The van der Waals surface area contributed by atoms with Crippen LogP contribution in [0.5, 0.6) is 0 Å². The molecule has 0 bridgehead atoms. The first kappa shape index (κ1) is 7.79. The SMILES string of the molecule is C=CC1C2Cc3c(n[nH]c3C(N)=O)C12. The van der Waals surface area contributed by atoms with E-state index in [1.165, 1.54) is 0 Å². The van der Waals surface area contributed by atoms with Crippen LogP contribution in [0.15, 0.2) is 12.7 Å². The van der Waals surface area contributed by atoms with Crippen LogP contribution in [0.25, 0.3) is 0 Å². The number of carbonyl (C=O) groups excluding carboxylic acids is 1. The van der Waals surface area contributed by atoms with E-state index < -0.39 is 5.91 Å². The molecule has 4 nitrogen and oxygen atoms in total. The highest BCUT2D eigenvalue weighted by Gasteiger charge is 2.56. The molecular weight excluding hydrogens is 178 g/mol. The summed E-state index contributed by atoms with van der Waals surface area (Å²) in [7, 11) is 0. The van der Waals surface area contributed by atoms with Gasteiger partial charge in [0.05, 0.1) is 5.69 Å².